The van der Waals surface area contributed by atoms with Crippen LogP contribution in [0.4, 0.5) is 0 Å². The maximum Gasteiger partial charge on any atom is 0.345 e. The summed E-state index contributed by atoms with van der Waals surface area (Å²) < 4.78 is 25.0. The van der Waals surface area contributed by atoms with Gasteiger partial charge in [-0.15, -0.1) is 0 Å². The second-order valence-corrected chi connectivity index (χ2v) is 5.15. The van der Waals surface area contributed by atoms with Crippen LogP contribution in [0.2, 0.25) is 0 Å². The minimum Gasteiger partial charge on any atom is -0.493 e. The van der Waals surface area contributed by atoms with Crippen LogP contribution in [0.3, 0.4) is 0 Å². The highest BCUT2D eigenvalue weighted by molar-refractivity contribution is 6.14. The van der Waals surface area contributed by atoms with Crippen LogP contribution in [-0.2, 0) is 28.6 Å². The fraction of sp³-hybridized carbons (Fsp3) is 0.389. The average molecular weight is 366 g/mol. The van der Waals surface area contributed by atoms with Gasteiger partial charge in [-0.1, -0.05) is 6.07 Å². The van der Waals surface area contributed by atoms with Gasteiger partial charge in [-0.2, -0.15) is 0 Å². The summed E-state index contributed by atoms with van der Waals surface area (Å²) in [4.78, 5) is 35.6. The Hall–Kier alpha value is -3.03. The van der Waals surface area contributed by atoms with Crippen LogP contribution in [0.15, 0.2) is 29.3 Å². The van der Waals surface area contributed by atoms with Gasteiger partial charge in [0.1, 0.15) is 11.7 Å². The van der Waals surface area contributed by atoms with E-state index in [0.29, 0.717) is 17.1 Å². The van der Waals surface area contributed by atoms with E-state index in [2.05, 4.69) is 9.47 Å². The summed E-state index contributed by atoms with van der Waals surface area (Å²) in [5, 5.41) is 0. The molecule has 0 saturated carbocycles. The van der Waals surface area contributed by atoms with Crippen molar-refractivity contribution in [1.29, 1.82) is 0 Å². The highest BCUT2D eigenvalue weighted by atomic mass is 16.6. The number of carbonyl (C=O) groups excluding carboxylic acids is 3. The van der Waals surface area contributed by atoms with Gasteiger partial charge in [0.05, 0.1) is 28.4 Å². The first-order chi connectivity index (χ1) is 12.3. The number of hydrogen-bond acceptors (Lipinski definition) is 8. The lowest BCUT2D eigenvalue weighted by atomic mass is 9.97. The Kier molecular flexibility index (Phi) is 7.64. The highest BCUT2D eigenvalue weighted by Gasteiger charge is 2.30. The van der Waals surface area contributed by atoms with Gasteiger partial charge in [-0.25, -0.2) is 9.59 Å². The number of benzene rings is 1. The number of hydrogen-bond donors (Lipinski definition) is 0. The second kappa shape index (κ2) is 9.45. The molecule has 0 aliphatic rings. The summed E-state index contributed by atoms with van der Waals surface area (Å²) >= 11 is 0. The number of rotatable bonds is 7. The molecule has 8 nitrogen and oxygen atoms in total. The normalized spacial score (nSPS) is 11.0. The van der Waals surface area contributed by atoms with Crippen LogP contribution in [0.25, 0.3) is 0 Å². The lowest BCUT2D eigenvalue weighted by molar-refractivity contribution is -0.148. The predicted octanol–water partition coefficient (Wildman–Crippen LogP) is 1.97. The average Bonchev–Trinajstić information content (AvgIpc) is 2.64. The van der Waals surface area contributed by atoms with E-state index in [4.69, 9.17) is 14.2 Å². The summed E-state index contributed by atoms with van der Waals surface area (Å²) in [5.41, 5.74) is 0.280. The molecule has 1 aromatic carbocycles. The van der Waals surface area contributed by atoms with Crippen molar-refractivity contribution >= 4 is 17.9 Å². The molecule has 1 rings (SSSR count). The largest absolute Gasteiger partial charge is 0.493 e. The van der Waals surface area contributed by atoms with Gasteiger partial charge < -0.3 is 23.7 Å². The Morgan fingerprint density at radius 3 is 1.81 bits per heavy atom. The molecule has 26 heavy (non-hydrogen) atoms. The van der Waals surface area contributed by atoms with Gasteiger partial charge in [0.2, 0.25) is 0 Å². The first-order valence-electron chi connectivity index (χ1n) is 7.57. The molecule has 1 aromatic rings. The third kappa shape index (κ3) is 4.75. The summed E-state index contributed by atoms with van der Waals surface area (Å²) in [6, 6.07) is 4.83. The van der Waals surface area contributed by atoms with Gasteiger partial charge in [0, 0.05) is 12.5 Å². The van der Waals surface area contributed by atoms with Gasteiger partial charge in [-0.3, -0.25) is 4.79 Å². The molecule has 0 heterocycles. The molecular formula is C18H22O8. The van der Waals surface area contributed by atoms with Crippen LogP contribution in [0, 0.1) is 0 Å². The SMILES string of the molecule is COC(=O)C(C(=O)OC)=C(C)C(OC(C)=O)c1ccc(OC)c(OC)c1. The monoisotopic (exact) mass is 366 g/mol. The zero-order valence-corrected chi connectivity index (χ0v) is 15.6. The zero-order chi connectivity index (χ0) is 19.9. The van der Waals surface area contributed by atoms with Crippen molar-refractivity contribution < 1.29 is 38.1 Å². The van der Waals surface area contributed by atoms with Crippen LogP contribution < -0.4 is 9.47 Å². The molecular weight excluding hydrogens is 344 g/mol. The molecule has 0 N–H and O–H groups in total. The van der Waals surface area contributed by atoms with E-state index in [-0.39, 0.29) is 11.1 Å². The minimum atomic E-state index is -1.03. The first-order valence-corrected chi connectivity index (χ1v) is 7.57. The van der Waals surface area contributed by atoms with Crippen LogP contribution in [-0.4, -0.2) is 46.3 Å². The van der Waals surface area contributed by atoms with Crippen molar-refractivity contribution in [2.24, 2.45) is 0 Å². The molecule has 0 saturated heterocycles. The Labute approximate surface area is 151 Å². The molecule has 0 aliphatic heterocycles. The standard InChI is InChI=1S/C18H22O8/c1-10(15(17(20)24-5)18(21)25-6)16(26-11(2)19)12-7-8-13(22-3)14(9-12)23-4/h7-9,16H,1-6H3. The molecule has 0 aromatic heterocycles. The third-order valence-electron chi connectivity index (χ3n) is 3.56. The molecule has 0 spiro atoms. The molecule has 0 bridgehead atoms. The number of methoxy groups -OCH3 is 4. The van der Waals surface area contributed by atoms with Crippen LogP contribution in [0.5, 0.6) is 11.5 Å². The Balaban J connectivity index is 3.58. The third-order valence-corrected chi connectivity index (χ3v) is 3.56. The number of carbonyl (C=O) groups is 3. The summed E-state index contributed by atoms with van der Waals surface area (Å²) in [6.45, 7) is 2.70. The summed E-state index contributed by atoms with van der Waals surface area (Å²) in [7, 11) is 5.21. The molecule has 0 fully saturated rings. The Morgan fingerprint density at radius 1 is 0.846 bits per heavy atom. The van der Waals surface area contributed by atoms with E-state index in [1.807, 2.05) is 0 Å². The Bertz CT molecular complexity index is 702. The van der Waals surface area contributed by atoms with Gasteiger partial charge >= 0.3 is 17.9 Å². The van der Waals surface area contributed by atoms with Gasteiger partial charge in [-0.05, 0) is 24.6 Å². The van der Waals surface area contributed by atoms with E-state index < -0.39 is 24.0 Å². The van der Waals surface area contributed by atoms with Crippen molar-refractivity contribution in [1.82, 2.24) is 0 Å². The topological polar surface area (TPSA) is 97.4 Å². The maximum atomic E-state index is 12.0. The van der Waals surface area contributed by atoms with Crippen LogP contribution in [0.1, 0.15) is 25.5 Å². The van der Waals surface area contributed by atoms with E-state index >= 15 is 0 Å². The predicted molar refractivity (Wildman–Crippen MR) is 90.8 cm³/mol. The van der Waals surface area contributed by atoms with Crippen molar-refractivity contribution in [2.75, 3.05) is 28.4 Å². The maximum absolute atomic E-state index is 12.0. The van der Waals surface area contributed by atoms with E-state index in [1.165, 1.54) is 28.1 Å². The molecule has 0 aliphatic carbocycles. The van der Waals surface area contributed by atoms with E-state index in [9.17, 15) is 14.4 Å². The molecule has 142 valence electrons. The number of ether oxygens (including phenoxy) is 5. The molecule has 1 unspecified atom stereocenters. The number of esters is 3. The summed E-state index contributed by atoms with van der Waals surface area (Å²) in [5.74, 6) is -1.52. The van der Waals surface area contributed by atoms with E-state index in [0.717, 1.165) is 14.2 Å². The second-order valence-electron chi connectivity index (χ2n) is 5.15. The molecule has 1 atom stereocenters. The molecule has 0 radical (unpaired) electrons. The fourth-order valence-corrected chi connectivity index (χ4v) is 2.33. The minimum absolute atomic E-state index is 0.158. The lowest BCUT2D eigenvalue weighted by Crippen LogP contribution is -2.21. The zero-order valence-electron chi connectivity index (χ0n) is 15.6. The van der Waals surface area contributed by atoms with Crippen molar-refractivity contribution in [2.45, 2.75) is 20.0 Å². The molecule has 0 amide bonds. The molecule has 8 heteroatoms. The van der Waals surface area contributed by atoms with E-state index in [1.54, 1.807) is 18.2 Å². The van der Waals surface area contributed by atoms with Crippen molar-refractivity contribution in [3.05, 3.63) is 34.9 Å². The van der Waals surface area contributed by atoms with Crippen LogP contribution >= 0.6 is 0 Å². The highest BCUT2D eigenvalue weighted by Crippen LogP contribution is 2.35. The fourth-order valence-electron chi connectivity index (χ4n) is 2.33. The van der Waals surface area contributed by atoms with Gasteiger partial charge in [0.15, 0.2) is 11.5 Å². The summed E-state index contributed by atoms with van der Waals surface area (Å²) in [6.07, 6.45) is -1.03. The first kappa shape index (κ1) is 21.0. The quantitative estimate of drug-likeness (QED) is 0.238. The van der Waals surface area contributed by atoms with Gasteiger partial charge in [0.25, 0.3) is 0 Å². The van der Waals surface area contributed by atoms with Crippen molar-refractivity contribution in [3.63, 3.8) is 0 Å². The smallest absolute Gasteiger partial charge is 0.345 e. The lowest BCUT2D eigenvalue weighted by Gasteiger charge is -2.21. The van der Waals surface area contributed by atoms with Crippen molar-refractivity contribution in [3.8, 4) is 11.5 Å². The Morgan fingerprint density at radius 2 is 1.38 bits per heavy atom.